The van der Waals surface area contributed by atoms with Gasteiger partial charge in [0.2, 0.25) is 5.91 Å². The zero-order valence-corrected chi connectivity index (χ0v) is 11.4. The van der Waals surface area contributed by atoms with E-state index in [1.54, 1.807) is 18.2 Å². The molecule has 1 aromatic carbocycles. The molecule has 7 nitrogen and oxygen atoms in total. The van der Waals surface area contributed by atoms with Gasteiger partial charge in [0.1, 0.15) is 0 Å². The fourth-order valence-corrected chi connectivity index (χ4v) is 2.24. The normalized spacial score (nSPS) is 14.3. The molecule has 110 valence electrons. The second-order valence-corrected chi connectivity index (χ2v) is 5.26. The van der Waals surface area contributed by atoms with E-state index < -0.39 is 11.1 Å². The largest absolute Gasteiger partial charge is 0.324 e. The summed E-state index contributed by atoms with van der Waals surface area (Å²) in [5.74, 6) is 0.458. The Morgan fingerprint density at radius 1 is 1.19 bits per heavy atom. The molecule has 1 fully saturated rings. The molecule has 1 saturated carbocycles. The van der Waals surface area contributed by atoms with E-state index in [2.05, 4.69) is 20.8 Å². The number of benzene rings is 1. The van der Waals surface area contributed by atoms with Gasteiger partial charge in [-0.1, -0.05) is 6.07 Å². The van der Waals surface area contributed by atoms with Crippen LogP contribution in [0.15, 0.2) is 27.8 Å². The van der Waals surface area contributed by atoms with E-state index >= 15 is 0 Å². The number of fused-ring (bicyclic) bond motifs is 1. The summed E-state index contributed by atoms with van der Waals surface area (Å²) < 4.78 is 0. The molecule has 0 aliphatic heterocycles. The summed E-state index contributed by atoms with van der Waals surface area (Å²) in [6, 6.07) is 4.78. The van der Waals surface area contributed by atoms with E-state index in [-0.39, 0.29) is 23.2 Å². The van der Waals surface area contributed by atoms with Crippen molar-refractivity contribution in [2.45, 2.75) is 12.8 Å². The quantitative estimate of drug-likeness (QED) is 0.628. The number of carbonyl (C=O) groups excluding carboxylic acids is 1. The average molecular weight is 288 g/mol. The van der Waals surface area contributed by atoms with Crippen molar-refractivity contribution < 1.29 is 4.79 Å². The third kappa shape index (κ3) is 3.03. The van der Waals surface area contributed by atoms with Gasteiger partial charge in [-0.25, -0.2) is 0 Å². The minimum absolute atomic E-state index is 0.188. The summed E-state index contributed by atoms with van der Waals surface area (Å²) in [7, 11) is 0. The molecule has 1 aliphatic rings. The Morgan fingerprint density at radius 2 is 1.95 bits per heavy atom. The predicted molar refractivity (Wildman–Crippen MR) is 79.4 cm³/mol. The molecular formula is C14H16N4O3. The number of hydrogen-bond acceptors (Lipinski definition) is 4. The van der Waals surface area contributed by atoms with E-state index in [9.17, 15) is 14.4 Å². The summed E-state index contributed by atoms with van der Waals surface area (Å²) in [5, 5.41) is 10.7. The summed E-state index contributed by atoms with van der Waals surface area (Å²) in [4.78, 5) is 35.4. The average Bonchev–Trinajstić information content (AvgIpc) is 3.27. The van der Waals surface area contributed by atoms with E-state index in [1.807, 2.05) is 0 Å². The highest BCUT2D eigenvalue weighted by atomic mass is 16.2. The number of H-pyrrole nitrogens is 2. The predicted octanol–water partition coefficient (Wildman–Crippen LogP) is 0.154. The van der Waals surface area contributed by atoms with Gasteiger partial charge in [0.15, 0.2) is 0 Å². The van der Waals surface area contributed by atoms with Crippen LogP contribution in [-0.2, 0) is 4.79 Å². The van der Waals surface area contributed by atoms with Gasteiger partial charge in [-0.05, 0) is 37.4 Å². The van der Waals surface area contributed by atoms with Crippen LogP contribution in [0.1, 0.15) is 12.8 Å². The molecule has 7 heteroatoms. The Labute approximate surface area is 119 Å². The van der Waals surface area contributed by atoms with Crippen molar-refractivity contribution in [3.8, 4) is 0 Å². The molecule has 1 aromatic heterocycles. The minimum atomic E-state index is -0.438. The van der Waals surface area contributed by atoms with Crippen LogP contribution < -0.4 is 21.8 Å². The molecule has 1 aliphatic carbocycles. The molecular weight excluding hydrogens is 272 g/mol. The first-order valence-electron chi connectivity index (χ1n) is 6.89. The van der Waals surface area contributed by atoms with Crippen LogP contribution in [0.25, 0.3) is 10.8 Å². The second kappa shape index (κ2) is 5.53. The fourth-order valence-electron chi connectivity index (χ4n) is 2.24. The number of nitrogens with one attached hydrogen (secondary N) is 4. The van der Waals surface area contributed by atoms with Gasteiger partial charge in [0.25, 0.3) is 11.1 Å². The Hall–Kier alpha value is -2.41. The van der Waals surface area contributed by atoms with E-state index in [0.717, 1.165) is 6.54 Å². The molecule has 0 atom stereocenters. The third-order valence-electron chi connectivity index (χ3n) is 3.52. The monoisotopic (exact) mass is 288 g/mol. The maximum absolute atomic E-state index is 11.9. The maximum Gasteiger partial charge on any atom is 0.272 e. The van der Waals surface area contributed by atoms with Gasteiger partial charge in [-0.3, -0.25) is 24.6 Å². The lowest BCUT2D eigenvalue weighted by atomic mass is 10.1. The van der Waals surface area contributed by atoms with Crippen molar-refractivity contribution >= 4 is 22.4 Å². The van der Waals surface area contributed by atoms with Crippen molar-refractivity contribution in [3.63, 3.8) is 0 Å². The lowest BCUT2D eigenvalue weighted by molar-refractivity contribution is -0.115. The van der Waals surface area contributed by atoms with Gasteiger partial charge < -0.3 is 10.6 Å². The van der Waals surface area contributed by atoms with Crippen molar-refractivity contribution in [3.05, 3.63) is 38.9 Å². The zero-order chi connectivity index (χ0) is 14.8. The van der Waals surface area contributed by atoms with Crippen LogP contribution >= 0.6 is 0 Å². The topological polar surface area (TPSA) is 107 Å². The van der Waals surface area contributed by atoms with Crippen molar-refractivity contribution in [1.82, 2.24) is 15.5 Å². The van der Waals surface area contributed by atoms with Crippen molar-refractivity contribution in [2.75, 3.05) is 18.4 Å². The Morgan fingerprint density at radius 3 is 2.71 bits per heavy atom. The van der Waals surface area contributed by atoms with Crippen LogP contribution in [-0.4, -0.2) is 29.2 Å². The maximum atomic E-state index is 11.9. The second-order valence-electron chi connectivity index (χ2n) is 5.26. The highest BCUT2D eigenvalue weighted by molar-refractivity contribution is 6.02. The summed E-state index contributed by atoms with van der Waals surface area (Å²) in [5.41, 5.74) is -0.489. The highest BCUT2D eigenvalue weighted by Crippen LogP contribution is 2.27. The minimum Gasteiger partial charge on any atom is -0.324 e. The summed E-state index contributed by atoms with van der Waals surface area (Å²) in [6.45, 7) is 1.02. The SMILES string of the molecule is O=C(CNCC1CC1)Nc1cccc2c(=O)[nH][nH]c(=O)c12. The van der Waals surface area contributed by atoms with Crippen molar-refractivity contribution in [2.24, 2.45) is 5.92 Å². The summed E-state index contributed by atoms with van der Waals surface area (Å²) in [6.07, 6.45) is 2.44. The van der Waals surface area contributed by atoms with Gasteiger partial charge >= 0.3 is 0 Å². The van der Waals surface area contributed by atoms with Crippen LogP contribution in [0.3, 0.4) is 0 Å². The molecule has 2 aromatic rings. The molecule has 0 radical (unpaired) electrons. The molecule has 0 bridgehead atoms. The molecule has 0 saturated heterocycles. The standard InChI is InChI=1S/C14H16N4O3/c19-11(7-15-6-8-4-5-8)16-10-3-1-2-9-12(10)14(21)18-17-13(9)20/h1-3,8,15H,4-7H2,(H,16,19)(H,17,20)(H,18,21). The molecule has 1 heterocycles. The number of hydrogen-bond donors (Lipinski definition) is 4. The van der Waals surface area contributed by atoms with E-state index in [0.29, 0.717) is 11.6 Å². The van der Waals surface area contributed by atoms with E-state index in [4.69, 9.17) is 0 Å². The van der Waals surface area contributed by atoms with E-state index in [1.165, 1.54) is 12.8 Å². The number of amides is 1. The number of aromatic amines is 2. The molecule has 3 rings (SSSR count). The van der Waals surface area contributed by atoms with Gasteiger partial charge in [-0.2, -0.15) is 0 Å². The Balaban J connectivity index is 1.79. The number of anilines is 1. The molecule has 0 spiro atoms. The first-order chi connectivity index (χ1) is 10.1. The Kier molecular flexibility index (Phi) is 3.57. The van der Waals surface area contributed by atoms with Crippen LogP contribution in [0.5, 0.6) is 0 Å². The molecule has 1 amide bonds. The zero-order valence-electron chi connectivity index (χ0n) is 11.4. The first-order valence-corrected chi connectivity index (χ1v) is 6.89. The molecule has 21 heavy (non-hydrogen) atoms. The van der Waals surface area contributed by atoms with Gasteiger partial charge in [-0.15, -0.1) is 0 Å². The number of aromatic nitrogens is 2. The number of carbonyl (C=O) groups is 1. The molecule has 0 unspecified atom stereocenters. The number of rotatable bonds is 5. The smallest absolute Gasteiger partial charge is 0.272 e. The van der Waals surface area contributed by atoms with Crippen LogP contribution in [0.2, 0.25) is 0 Å². The van der Waals surface area contributed by atoms with Gasteiger partial charge in [0.05, 0.1) is 23.0 Å². The molecule has 4 N–H and O–H groups in total. The lowest BCUT2D eigenvalue weighted by Gasteiger charge is -2.08. The first kappa shape index (κ1) is 13.6. The Bertz CT molecular complexity index is 789. The van der Waals surface area contributed by atoms with Crippen LogP contribution in [0.4, 0.5) is 5.69 Å². The third-order valence-corrected chi connectivity index (χ3v) is 3.52. The summed E-state index contributed by atoms with van der Waals surface area (Å²) >= 11 is 0. The van der Waals surface area contributed by atoms with Crippen LogP contribution in [0, 0.1) is 5.92 Å². The van der Waals surface area contributed by atoms with Crippen molar-refractivity contribution in [1.29, 1.82) is 0 Å². The fraction of sp³-hybridized carbons (Fsp3) is 0.357. The lowest BCUT2D eigenvalue weighted by Crippen LogP contribution is -2.30. The highest BCUT2D eigenvalue weighted by Gasteiger charge is 2.20. The van der Waals surface area contributed by atoms with Gasteiger partial charge in [0, 0.05) is 0 Å².